The predicted octanol–water partition coefficient (Wildman–Crippen LogP) is 0.522. The maximum Gasteiger partial charge on any atom is 2.00 e. The first-order valence-corrected chi connectivity index (χ1v) is 13.0. The summed E-state index contributed by atoms with van der Waals surface area (Å²) in [5.74, 6) is 0. The van der Waals surface area contributed by atoms with Gasteiger partial charge in [-0.1, -0.05) is 65.8 Å². The number of halogens is 2. The van der Waals surface area contributed by atoms with Crippen LogP contribution in [0.2, 0.25) is 0 Å². The van der Waals surface area contributed by atoms with E-state index < -0.39 is 0 Å². The molecule has 0 unspecified atom stereocenters. The maximum absolute atomic E-state index is 3.76. The Hall–Kier alpha value is -0.926. The van der Waals surface area contributed by atoms with Crippen LogP contribution in [0.25, 0.3) is 0 Å². The van der Waals surface area contributed by atoms with Crippen LogP contribution in [0.1, 0.15) is 74.9 Å². The van der Waals surface area contributed by atoms with Crippen molar-refractivity contribution in [1.29, 1.82) is 0 Å². The smallest absolute Gasteiger partial charge is 1.00 e. The van der Waals surface area contributed by atoms with Gasteiger partial charge in [0.05, 0.1) is 0 Å². The molecule has 35 heavy (non-hydrogen) atoms. The molecule has 0 aliphatic carbocycles. The average Bonchev–Trinajstić information content (AvgIpc) is 2.83. The molecule has 0 aliphatic heterocycles. The van der Waals surface area contributed by atoms with Crippen LogP contribution >= 0.6 is 0 Å². The molecule has 0 radical (unpaired) electrons. The number of benzene rings is 2. The van der Waals surface area contributed by atoms with Crippen LogP contribution in [0.5, 0.6) is 0 Å². The fourth-order valence-electron chi connectivity index (χ4n) is 4.51. The van der Waals surface area contributed by atoms with E-state index in [-0.39, 0.29) is 41.3 Å². The molecule has 2 aromatic carbocycles. The van der Waals surface area contributed by atoms with Gasteiger partial charge < -0.3 is 40.3 Å². The van der Waals surface area contributed by atoms with Gasteiger partial charge in [-0.2, -0.15) is 0 Å². The summed E-state index contributed by atoms with van der Waals surface area (Å²) in [4.78, 5) is 2.43. The van der Waals surface area contributed by atoms with Crippen molar-refractivity contribution in [3.05, 3.63) is 57.6 Å². The van der Waals surface area contributed by atoms with Crippen LogP contribution in [0, 0.1) is 0 Å². The van der Waals surface area contributed by atoms with Crippen LogP contribution in [0.15, 0.2) is 24.3 Å². The van der Waals surface area contributed by atoms with E-state index in [1.54, 1.807) is 0 Å². The summed E-state index contributed by atoms with van der Waals surface area (Å²) in [6, 6.07) is 9.54. The van der Waals surface area contributed by atoms with E-state index in [1.165, 1.54) is 44.8 Å². The predicted molar refractivity (Wildman–Crippen MR) is 144 cm³/mol. The van der Waals surface area contributed by atoms with Crippen molar-refractivity contribution in [3.8, 4) is 0 Å². The van der Waals surface area contributed by atoms with Gasteiger partial charge in [0.25, 0.3) is 0 Å². The molecule has 0 spiro atoms. The Morgan fingerprint density at radius 2 is 0.829 bits per heavy atom. The van der Waals surface area contributed by atoms with Crippen LogP contribution < -0.4 is 35.4 Å². The molecule has 2 N–H and O–H groups in total. The molecule has 2 aromatic rings. The van der Waals surface area contributed by atoms with Crippen molar-refractivity contribution in [2.75, 3.05) is 43.9 Å². The van der Waals surface area contributed by atoms with E-state index in [0.29, 0.717) is 0 Å². The molecule has 3 nitrogen and oxygen atoms in total. The van der Waals surface area contributed by atoms with E-state index in [9.17, 15) is 0 Å². The van der Waals surface area contributed by atoms with Gasteiger partial charge in [-0.05, 0) is 79.0 Å². The van der Waals surface area contributed by atoms with Crippen molar-refractivity contribution in [2.45, 2.75) is 80.1 Å². The van der Waals surface area contributed by atoms with E-state index in [4.69, 9.17) is 0 Å². The van der Waals surface area contributed by atoms with Crippen molar-refractivity contribution in [2.24, 2.45) is 0 Å². The van der Waals surface area contributed by atoms with E-state index >= 15 is 0 Å². The number of aryl methyl sites for hydroxylation is 6. The Kier molecular flexibility index (Phi) is 19.9. The number of anilines is 2. The summed E-state index contributed by atoms with van der Waals surface area (Å²) in [6.45, 7) is 17.6. The molecule has 0 saturated heterocycles. The second-order valence-electron chi connectivity index (χ2n) is 8.86. The zero-order valence-electron chi connectivity index (χ0n) is 22.9. The van der Waals surface area contributed by atoms with Gasteiger partial charge in [0, 0.05) is 37.6 Å². The zero-order chi connectivity index (χ0) is 23.5. The molecule has 0 amide bonds. The number of hydrogen-bond donors (Lipinski definition) is 2. The summed E-state index contributed by atoms with van der Waals surface area (Å²) < 4.78 is 0. The van der Waals surface area contributed by atoms with Gasteiger partial charge in [-0.25, -0.2) is 0 Å². The van der Waals surface area contributed by atoms with E-state index in [2.05, 4.69) is 88.4 Å². The third-order valence-electron chi connectivity index (χ3n) is 6.65. The molecule has 0 saturated carbocycles. The fourth-order valence-corrected chi connectivity index (χ4v) is 4.51. The Morgan fingerprint density at radius 3 is 1.06 bits per heavy atom. The Morgan fingerprint density at radius 1 is 0.543 bits per heavy atom. The summed E-state index contributed by atoms with van der Waals surface area (Å²) in [5.41, 5.74) is 11.5. The number of nitrogens with one attached hydrogen (secondary N) is 2. The molecular formula is C29H47Cl2N3Ni. The van der Waals surface area contributed by atoms with E-state index in [0.717, 1.165) is 64.7 Å². The zero-order valence-corrected chi connectivity index (χ0v) is 25.4. The van der Waals surface area contributed by atoms with Crippen molar-refractivity contribution in [1.82, 2.24) is 4.90 Å². The quantitative estimate of drug-likeness (QED) is 0.327. The molecule has 2 rings (SSSR count). The minimum Gasteiger partial charge on any atom is -1.00 e. The third-order valence-corrected chi connectivity index (χ3v) is 6.65. The Balaban J connectivity index is 0. The second-order valence-corrected chi connectivity index (χ2v) is 8.86. The average molecular weight is 567 g/mol. The van der Waals surface area contributed by atoms with Gasteiger partial charge >= 0.3 is 16.5 Å². The van der Waals surface area contributed by atoms with Crippen molar-refractivity contribution in [3.63, 3.8) is 0 Å². The van der Waals surface area contributed by atoms with E-state index in [1.807, 2.05) is 0 Å². The molecular weight excluding hydrogens is 520 g/mol. The third kappa shape index (κ3) is 10.5. The topological polar surface area (TPSA) is 27.3 Å². The molecule has 0 aliphatic rings. The molecule has 0 aromatic heterocycles. The maximum atomic E-state index is 3.76. The first-order valence-electron chi connectivity index (χ1n) is 13.0. The van der Waals surface area contributed by atoms with Crippen LogP contribution in [-0.2, 0) is 55.0 Å². The van der Waals surface area contributed by atoms with Crippen molar-refractivity contribution < 1.29 is 41.3 Å². The summed E-state index contributed by atoms with van der Waals surface area (Å²) >= 11 is 0. The molecule has 202 valence electrons. The minimum absolute atomic E-state index is 0. The molecule has 0 heterocycles. The van der Waals surface area contributed by atoms with Crippen LogP contribution in [-0.4, -0.2) is 38.1 Å². The van der Waals surface area contributed by atoms with Gasteiger partial charge in [0.15, 0.2) is 0 Å². The number of nitrogens with zero attached hydrogens (tertiary/aromatic N) is 1. The van der Waals surface area contributed by atoms with Crippen LogP contribution in [0.3, 0.4) is 0 Å². The second kappa shape index (κ2) is 19.2. The molecule has 6 heteroatoms. The molecule has 0 bridgehead atoms. The molecule has 0 atom stereocenters. The summed E-state index contributed by atoms with van der Waals surface area (Å²) in [6.07, 6.45) is 6.55. The first-order chi connectivity index (χ1) is 15.5. The summed E-state index contributed by atoms with van der Waals surface area (Å²) in [7, 11) is 2.23. The first kappa shape index (κ1) is 36.2. The van der Waals surface area contributed by atoms with Gasteiger partial charge in [0.2, 0.25) is 0 Å². The number of likely N-dealkylation sites (N-methyl/N-ethyl adjacent to an activating group) is 1. The fraction of sp³-hybridized carbons (Fsp3) is 0.586. The number of rotatable bonds is 14. The van der Waals surface area contributed by atoms with Gasteiger partial charge in [-0.3, -0.25) is 0 Å². The normalized spacial score (nSPS) is 10.3. The molecule has 0 fully saturated rings. The SMILES string of the molecule is CCc1cc(CC)c(NCCN(C)CCNc2c(CC)cc(CC)cc2CC)c(CC)c1.[Cl-].[Cl-].[Ni+2]. The van der Waals surface area contributed by atoms with Gasteiger partial charge in [-0.15, -0.1) is 0 Å². The largest absolute Gasteiger partial charge is 2.00 e. The Bertz CT molecular complexity index is 738. The van der Waals surface area contributed by atoms with Crippen LogP contribution in [0.4, 0.5) is 11.4 Å². The number of hydrogen-bond acceptors (Lipinski definition) is 3. The van der Waals surface area contributed by atoms with Crippen molar-refractivity contribution >= 4 is 11.4 Å². The van der Waals surface area contributed by atoms with Gasteiger partial charge in [0.1, 0.15) is 0 Å². The monoisotopic (exact) mass is 565 g/mol. The minimum atomic E-state index is 0. The summed E-state index contributed by atoms with van der Waals surface area (Å²) in [5, 5.41) is 7.52. The Labute approximate surface area is 238 Å². The standard InChI is InChI=1S/C29H47N3.2ClH.Ni/c1-8-22-18-24(10-3)28(25(11-4)19-22)30-14-16-32(7)17-15-31-29-26(12-5)20-23(9-2)21-27(29)13-6;;;/h18-21,30-31H,8-17H2,1-7H3;2*1H;/q;;;+2/p-2.